The van der Waals surface area contributed by atoms with E-state index in [4.69, 9.17) is 19.4 Å². The summed E-state index contributed by atoms with van der Waals surface area (Å²) >= 11 is 0. The highest BCUT2D eigenvalue weighted by Gasteiger charge is 2.57. The minimum Gasteiger partial charge on any atom is -0.453 e. The van der Waals surface area contributed by atoms with Gasteiger partial charge in [-0.05, 0) is 110 Å². The predicted octanol–water partition coefficient (Wildman–Crippen LogP) is 7.89. The van der Waals surface area contributed by atoms with E-state index in [0.717, 1.165) is 81.5 Å². The summed E-state index contributed by atoms with van der Waals surface area (Å²) in [6.07, 6.45) is 4.82. The van der Waals surface area contributed by atoms with Crippen molar-refractivity contribution in [2.24, 2.45) is 17.8 Å². The van der Waals surface area contributed by atoms with E-state index in [-0.39, 0.29) is 42.1 Å². The molecule has 3 aromatic carbocycles. The Morgan fingerprint density at radius 1 is 0.815 bits per heavy atom. The molecule has 0 unspecified atom stereocenters. The number of H-pyrrole nitrogens is 2. The first-order valence-electron chi connectivity index (χ1n) is 19.1. The van der Waals surface area contributed by atoms with Crippen LogP contribution in [0.25, 0.3) is 44.2 Å². The number of fused-ring (bicyclic) bond motifs is 4. The molecule has 3 amide bonds. The van der Waals surface area contributed by atoms with Crippen LogP contribution in [-0.4, -0.2) is 78.7 Å². The molecule has 54 heavy (non-hydrogen) atoms. The van der Waals surface area contributed by atoms with Crippen LogP contribution in [0.4, 0.5) is 9.59 Å². The molecular formula is C42H47N7O5. The largest absolute Gasteiger partial charge is 0.453 e. The highest BCUT2D eigenvalue weighted by Crippen LogP contribution is 2.54. The monoisotopic (exact) mass is 729 g/mol. The highest BCUT2D eigenvalue weighted by atomic mass is 16.6. The molecule has 9 rings (SSSR count). The van der Waals surface area contributed by atoms with E-state index in [9.17, 15) is 14.4 Å². The second-order valence-electron chi connectivity index (χ2n) is 16.9. The topological polar surface area (TPSA) is 146 Å². The maximum absolute atomic E-state index is 13.8. The Morgan fingerprint density at radius 2 is 1.44 bits per heavy atom. The molecule has 0 bridgehead atoms. The fraction of sp³-hybridized carbons (Fsp3) is 0.452. The lowest BCUT2D eigenvalue weighted by Gasteiger charge is -2.31. The van der Waals surface area contributed by atoms with Crippen molar-refractivity contribution >= 4 is 39.9 Å². The summed E-state index contributed by atoms with van der Waals surface area (Å²) in [4.78, 5) is 59.7. The van der Waals surface area contributed by atoms with E-state index in [2.05, 4.69) is 63.8 Å². The van der Waals surface area contributed by atoms with Crippen LogP contribution in [0.1, 0.15) is 84.0 Å². The van der Waals surface area contributed by atoms with Gasteiger partial charge in [0.2, 0.25) is 5.91 Å². The number of imidazole rings is 2. The van der Waals surface area contributed by atoms with Crippen LogP contribution in [0.2, 0.25) is 0 Å². The third-order valence-corrected chi connectivity index (χ3v) is 11.7. The molecule has 2 saturated heterocycles. The zero-order valence-corrected chi connectivity index (χ0v) is 31.6. The van der Waals surface area contributed by atoms with Crippen LogP contribution in [0.15, 0.2) is 60.8 Å². The number of benzene rings is 3. The molecule has 2 saturated carbocycles. The summed E-state index contributed by atoms with van der Waals surface area (Å²) in [5.41, 5.74) is 5.25. The van der Waals surface area contributed by atoms with Crippen LogP contribution in [0.5, 0.6) is 0 Å². The Hall–Kier alpha value is -5.39. The Morgan fingerprint density at radius 3 is 2.13 bits per heavy atom. The van der Waals surface area contributed by atoms with Gasteiger partial charge in [-0.2, -0.15) is 0 Å². The molecular weight excluding hydrogens is 683 g/mol. The number of hydrogen-bond donors (Lipinski definition) is 3. The Balaban J connectivity index is 0.928. The molecule has 2 aliphatic carbocycles. The molecule has 12 heteroatoms. The number of hydrogen-bond acceptors (Lipinski definition) is 7. The van der Waals surface area contributed by atoms with Gasteiger partial charge < -0.3 is 29.7 Å². The molecule has 3 N–H and O–H groups in total. The summed E-state index contributed by atoms with van der Waals surface area (Å²) in [6, 6.07) is 18.6. The first-order valence-corrected chi connectivity index (χ1v) is 19.1. The summed E-state index contributed by atoms with van der Waals surface area (Å²) in [7, 11) is 1.31. The standard InChI is InChI=1S/C42H47N7O5/c1-21(2)36(47-40(51)53-6)39(50)48-32-16-27(32)18-34(48)37-43-20-31(46-37)26-10-9-22-13-23(7-8-24(22)14-26)25-11-12-29-30(15-25)45-38(44-29)35-19-28-17-33(28)49(35)41(52)54-42(3,4)5/h7-15,20-21,27-28,32-36H,16-19H2,1-6H3,(H,43,46)(H,44,45)(H,47,51)/t27-,28-,32-,33-,34+,35+,36+/m1/s1. The van der Waals surface area contributed by atoms with Crippen molar-refractivity contribution in [3.05, 3.63) is 72.4 Å². The number of methoxy groups -OCH3 is 1. The van der Waals surface area contributed by atoms with Gasteiger partial charge in [0.1, 0.15) is 23.3 Å². The number of piperidine rings is 2. The molecule has 5 aromatic rings. The van der Waals surface area contributed by atoms with Crippen molar-refractivity contribution < 1.29 is 23.9 Å². The first-order chi connectivity index (χ1) is 25.8. The van der Waals surface area contributed by atoms with Crippen LogP contribution in [0.3, 0.4) is 0 Å². The van der Waals surface area contributed by atoms with Gasteiger partial charge in [-0.3, -0.25) is 9.69 Å². The van der Waals surface area contributed by atoms with Crippen molar-refractivity contribution in [3.63, 3.8) is 0 Å². The van der Waals surface area contributed by atoms with Crippen molar-refractivity contribution in [3.8, 4) is 22.4 Å². The third-order valence-electron chi connectivity index (χ3n) is 11.7. The number of aromatic nitrogens is 4. The Kier molecular flexibility index (Phi) is 8.02. The fourth-order valence-corrected chi connectivity index (χ4v) is 8.76. The van der Waals surface area contributed by atoms with Crippen LogP contribution in [0, 0.1) is 17.8 Å². The van der Waals surface area contributed by atoms with Gasteiger partial charge in [0.05, 0.1) is 35.9 Å². The Labute approximate surface area is 314 Å². The number of carbonyl (C=O) groups is 3. The molecule has 2 aliphatic heterocycles. The smallest absolute Gasteiger partial charge is 0.411 e. The van der Waals surface area contributed by atoms with E-state index in [1.54, 1.807) is 0 Å². The lowest BCUT2D eigenvalue weighted by molar-refractivity contribution is -0.136. The van der Waals surface area contributed by atoms with Crippen LogP contribution < -0.4 is 5.32 Å². The minimum atomic E-state index is -0.669. The molecule has 7 atom stereocenters. The maximum atomic E-state index is 13.8. The molecule has 12 nitrogen and oxygen atoms in total. The minimum absolute atomic E-state index is 0.0905. The summed E-state index contributed by atoms with van der Waals surface area (Å²) in [6.45, 7) is 9.56. The van der Waals surface area contributed by atoms with Crippen molar-refractivity contribution in [2.75, 3.05) is 7.11 Å². The average molecular weight is 730 g/mol. The summed E-state index contributed by atoms with van der Waals surface area (Å²) in [5, 5.41) is 4.95. The number of ether oxygens (including phenoxy) is 2. The molecule has 0 spiro atoms. The van der Waals surface area contributed by atoms with E-state index in [1.807, 2.05) is 56.7 Å². The van der Waals surface area contributed by atoms with Gasteiger partial charge in [-0.1, -0.05) is 44.2 Å². The summed E-state index contributed by atoms with van der Waals surface area (Å²) < 4.78 is 10.6. The van der Waals surface area contributed by atoms with Crippen molar-refractivity contribution in [1.82, 2.24) is 35.1 Å². The number of amides is 3. The summed E-state index contributed by atoms with van der Waals surface area (Å²) in [5.74, 6) is 2.36. The predicted molar refractivity (Wildman–Crippen MR) is 204 cm³/mol. The number of carbonyl (C=O) groups excluding carboxylic acids is 3. The van der Waals surface area contributed by atoms with Gasteiger partial charge in [0, 0.05) is 23.8 Å². The van der Waals surface area contributed by atoms with Gasteiger partial charge in [0.25, 0.3) is 0 Å². The zero-order valence-electron chi connectivity index (χ0n) is 31.6. The molecule has 4 heterocycles. The number of alkyl carbamates (subject to hydrolysis) is 1. The normalized spacial score (nSPS) is 24.8. The van der Waals surface area contributed by atoms with Gasteiger partial charge >= 0.3 is 12.2 Å². The highest BCUT2D eigenvalue weighted by molar-refractivity contribution is 5.92. The average Bonchev–Trinajstić information content (AvgIpc) is 3.76. The quantitative estimate of drug-likeness (QED) is 0.155. The number of likely N-dealkylation sites (tertiary alicyclic amines) is 2. The van der Waals surface area contributed by atoms with Crippen molar-refractivity contribution in [2.45, 2.75) is 96.1 Å². The van der Waals surface area contributed by atoms with Gasteiger partial charge in [-0.15, -0.1) is 0 Å². The molecule has 280 valence electrons. The van der Waals surface area contributed by atoms with Crippen molar-refractivity contribution in [1.29, 1.82) is 0 Å². The number of rotatable bonds is 7. The fourth-order valence-electron chi connectivity index (χ4n) is 8.76. The number of nitrogens with one attached hydrogen (secondary N) is 3. The second-order valence-corrected chi connectivity index (χ2v) is 16.9. The Bertz CT molecular complexity index is 2300. The lowest BCUT2D eigenvalue weighted by atomic mass is 9.99. The van der Waals surface area contributed by atoms with Crippen LogP contribution >= 0.6 is 0 Å². The molecule has 4 fully saturated rings. The second kappa shape index (κ2) is 12.6. The maximum Gasteiger partial charge on any atom is 0.411 e. The van der Waals surface area contributed by atoms with Gasteiger partial charge in [0.15, 0.2) is 0 Å². The molecule has 0 radical (unpaired) electrons. The van der Waals surface area contributed by atoms with Crippen LogP contribution in [-0.2, 0) is 14.3 Å². The van der Waals surface area contributed by atoms with E-state index in [1.165, 1.54) is 7.11 Å². The first kappa shape index (κ1) is 34.4. The number of aromatic amines is 2. The molecule has 4 aliphatic rings. The zero-order chi connectivity index (χ0) is 37.6. The van der Waals surface area contributed by atoms with E-state index >= 15 is 0 Å². The third kappa shape index (κ3) is 6.15. The van der Waals surface area contributed by atoms with Gasteiger partial charge in [-0.25, -0.2) is 19.6 Å². The SMILES string of the molecule is COC(=O)N[C@H](C(=O)N1[C@@H]2C[C@@H]2C[C@H]1c1nc(-c2ccc3cc(-c4ccc5nc([C@@H]6C[C@H]7C[C@H]7N6C(=O)OC(C)(C)C)[nH]c5c4)ccc3c2)c[nH]1)C(C)C. The lowest BCUT2D eigenvalue weighted by Crippen LogP contribution is -2.52. The van der Waals surface area contributed by atoms with E-state index in [0.29, 0.717) is 11.8 Å². The number of nitrogens with zero attached hydrogens (tertiary/aromatic N) is 4. The van der Waals surface area contributed by atoms with E-state index < -0.39 is 17.7 Å². The molecule has 2 aromatic heterocycles.